The Labute approximate surface area is 211 Å². The number of hydrazine groups is 1. The van der Waals surface area contributed by atoms with Crippen LogP contribution < -0.4 is 21.5 Å². The highest BCUT2D eigenvalue weighted by Gasteiger charge is 2.30. The summed E-state index contributed by atoms with van der Waals surface area (Å²) in [6, 6.07) is 8.08. The van der Waals surface area contributed by atoms with Crippen LogP contribution in [0.15, 0.2) is 42.9 Å². The lowest BCUT2D eigenvalue weighted by atomic mass is 9.81. The van der Waals surface area contributed by atoms with Gasteiger partial charge in [-0.15, -0.1) is 0 Å². The highest BCUT2D eigenvalue weighted by Crippen LogP contribution is 2.35. The number of hydrogen-bond acceptors (Lipinski definition) is 8. The van der Waals surface area contributed by atoms with E-state index in [4.69, 9.17) is 9.97 Å². The van der Waals surface area contributed by atoms with E-state index in [2.05, 4.69) is 38.5 Å². The van der Waals surface area contributed by atoms with Gasteiger partial charge in [0.2, 0.25) is 5.91 Å². The lowest BCUT2D eigenvalue weighted by molar-refractivity contribution is -0.126. The number of aryl methyl sites for hydroxylation is 1. The van der Waals surface area contributed by atoms with Crippen molar-refractivity contribution in [3.8, 4) is 5.82 Å². The number of pyridine rings is 1. The molecule has 1 aliphatic carbocycles. The molecule has 0 aromatic carbocycles. The Morgan fingerprint density at radius 3 is 2.67 bits per heavy atom. The number of aromatic nitrogens is 5. The summed E-state index contributed by atoms with van der Waals surface area (Å²) in [7, 11) is 0. The lowest BCUT2D eigenvalue weighted by Crippen LogP contribution is -2.37. The third-order valence-corrected chi connectivity index (χ3v) is 7.12. The van der Waals surface area contributed by atoms with Gasteiger partial charge in [-0.05, 0) is 70.6 Å². The molecule has 1 saturated carbocycles. The molecule has 0 spiro atoms. The molecule has 0 bridgehead atoms. The van der Waals surface area contributed by atoms with Crippen LogP contribution in [-0.4, -0.2) is 42.8 Å². The van der Waals surface area contributed by atoms with E-state index in [1.807, 2.05) is 44.3 Å². The van der Waals surface area contributed by atoms with Crippen LogP contribution in [0.25, 0.3) is 5.82 Å². The van der Waals surface area contributed by atoms with Gasteiger partial charge in [-0.3, -0.25) is 10.2 Å². The number of nitrogens with one attached hydrogen (secondary N) is 4. The standard InChI is InChI=1S/C26H35N9O/c1-16-13-22(31-23-14-17(2)33-34-23)32-25(29-16)19-5-7-20(8-6-19)26(36)30-18(3)21-9-10-24(27-15-21)35-12-4-11-28-35/h4,9-13,15,17-20,23,33-34H,5-8,14H2,1-3H3,(H,30,36)(H,29,31,32)/t17?,18-,19?,20?,23?/m0/s1. The number of amides is 1. The summed E-state index contributed by atoms with van der Waals surface area (Å²) < 4.78 is 1.71. The summed E-state index contributed by atoms with van der Waals surface area (Å²) in [5.41, 5.74) is 8.42. The zero-order valence-corrected chi connectivity index (χ0v) is 21.1. The van der Waals surface area contributed by atoms with Crippen LogP contribution in [0.3, 0.4) is 0 Å². The summed E-state index contributed by atoms with van der Waals surface area (Å²) in [6.45, 7) is 6.16. The van der Waals surface area contributed by atoms with Crippen LogP contribution in [0.1, 0.15) is 75.0 Å². The number of rotatable bonds is 7. The summed E-state index contributed by atoms with van der Waals surface area (Å²) in [4.78, 5) is 27.0. The molecule has 1 aliphatic heterocycles. The molecular formula is C26H35N9O. The van der Waals surface area contributed by atoms with Gasteiger partial charge < -0.3 is 10.6 Å². The van der Waals surface area contributed by atoms with Gasteiger partial charge in [0.15, 0.2) is 5.82 Å². The van der Waals surface area contributed by atoms with E-state index in [1.165, 1.54) is 0 Å². The average molecular weight is 490 g/mol. The van der Waals surface area contributed by atoms with Crippen molar-refractivity contribution in [2.75, 3.05) is 5.32 Å². The summed E-state index contributed by atoms with van der Waals surface area (Å²) in [6.07, 6.45) is 10.0. The highest BCUT2D eigenvalue weighted by molar-refractivity contribution is 5.79. The van der Waals surface area contributed by atoms with Crippen LogP contribution in [0.5, 0.6) is 0 Å². The van der Waals surface area contributed by atoms with E-state index in [1.54, 1.807) is 17.1 Å². The minimum Gasteiger partial charge on any atom is -0.353 e. The van der Waals surface area contributed by atoms with Crippen LogP contribution in [0.4, 0.5) is 5.82 Å². The van der Waals surface area contributed by atoms with Gasteiger partial charge in [-0.25, -0.2) is 25.1 Å². The van der Waals surface area contributed by atoms with Crippen molar-refractivity contribution in [3.05, 3.63) is 59.9 Å². The van der Waals surface area contributed by atoms with Crippen molar-refractivity contribution >= 4 is 11.7 Å². The SMILES string of the molecule is Cc1cc(NC2CC(C)NN2)nc(C2CCC(C(=O)N[C@@H](C)c3ccc(-n4cccn4)nc3)CC2)n1. The summed E-state index contributed by atoms with van der Waals surface area (Å²) in [5, 5.41) is 10.8. The van der Waals surface area contributed by atoms with E-state index in [0.29, 0.717) is 6.04 Å². The number of carbonyl (C=O) groups excluding carboxylic acids is 1. The molecule has 0 radical (unpaired) electrons. The van der Waals surface area contributed by atoms with Crippen molar-refractivity contribution in [1.82, 2.24) is 40.9 Å². The van der Waals surface area contributed by atoms with Crippen LogP contribution in [0, 0.1) is 12.8 Å². The van der Waals surface area contributed by atoms with Crippen LogP contribution in [0.2, 0.25) is 0 Å². The predicted octanol–water partition coefficient (Wildman–Crippen LogP) is 3.14. The molecule has 10 nitrogen and oxygen atoms in total. The predicted molar refractivity (Wildman–Crippen MR) is 137 cm³/mol. The molecule has 1 saturated heterocycles. The largest absolute Gasteiger partial charge is 0.353 e. The zero-order valence-electron chi connectivity index (χ0n) is 21.1. The van der Waals surface area contributed by atoms with Gasteiger partial charge in [0.25, 0.3) is 0 Å². The average Bonchev–Trinajstić information content (AvgIpc) is 3.56. The molecule has 2 unspecified atom stereocenters. The Hall–Kier alpha value is -3.37. The van der Waals surface area contributed by atoms with E-state index in [0.717, 1.165) is 60.8 Å². The second kappa shape index (κ2) is 10.7. The van der Waals surface area contributed by atoms with Crippen molar-refractivity contribution in [1.29, 1.82) is 0 Å². The zero-order chi connectivity index (χ0) is 25.1. The second-order valence-corrected chi connectivity index (χ2v) is 10.1. The second-order valence-electron chi connectivity index (χ2n) is 10.1. The molecule has 190 valence electrons. The fourth-order valence-corrected chi connectivity index (χ4v) is 5.06. The quantitative estimate of drug-likeness (QED) is 0.399. The normalized spacial score (nSPS) is 24.9. The molecule has 2 fully saturated rings. The van der Waals surface area contributed by atoms with Crippen molar-refractivity contribution in [2.45, 2.75) is 77.0 Å². The van der Waals surface area contributed by atoms with E-state index < -0.39 is 0 Å². The molecule has 5 rings (SSSR count). The monoisotopic (exact) mass is 489 g/mol. The molecular weight excluding hydrogens is 454 g/mol. The molecule has 4 N–H and O–H groups in total. The number of hydrogen-bond donors (Lipinski definition) is 4. The fraction of sp³-hybridized carbons (Fsp3) is 0.500. The Bertz CT molecular complexity index is 1160. The van der Waals surface area contributed by atoms with E-state index >= 15 is 0 Å². The summed E-state index contributed by atoms with van der Waals surface area (Å²) >= 11 is 0. The van der Waals surface area contributed by atoms with E-state index in [-0.39, 0.29) is 30.0 Å². The van der Waals surface area contributed by atoms with Gasteiger partial charge in [-0.1, -0.05) is 6.07 Å². The molecule has 3 atom stereocenters. The number of anilines is 1. The third kappa shape index (κ3) is 5.71. The Morgan fingerprint density at radius 2 is 2.00 bits per heavy atom. The number of nitrogens with zero attached hydrogens (tertiary/aromatic N) is 5. The number of carbonyl (C=O) groups is 1. The maximum Gasteiger partial charge on any atom is 0.223 e. The first-order chi connectivity index (χ1) is 17.4. The first-order valence-electron chi connectivity index (χ1n) is 12.8. The first-order valence-corrected chi connectivity index (χ1v) is 12.8. The minimum atomic E-state index is -0.107. The molecule has 4 heterocycles. The highest BCUT2D eigenvalue weighted by atomic mass is 16.1. The van der Waals surface area contributed by atoms with Crippen molar-refractivity contribution < 1.29 is 4.79 Å². The fourth-order valence-electron chi connectivity index (χ4n) is 5.06. The maximum absolute atomic E-state index is 13.0. The lowest BCUT2D eigenvalue weighted by Gasteiger charge is -2.28. The van der Waals surface area contributed by atoms with E-state index in [9.17, 15) is 4.79 Å². The molecule has 10 heteroatoms. The van der Waals surface area contributed by atoms with Gasteiger partial charge >= 0.3 is 0 Å². The minimum absolute atomic E-state index is 0.0117. The Morgan fingerprint density at radius 1 is 1.17 bits per heavy atom. The van der Waals surface area contributed by atoms with Gasteiger partial charge in [-0.2, -0.15) is 5.10 Å². The van der Waals surface area contributed by atoms with Crippen LogP contribution in [-0.2, 0) is 4.79 Å². The molecule has 36 heavy (non-hydrogen) atoms. The first kappa shape index (κ1) is 24.3. The third-order valence-electron chi connectivity index (χ3n) is 7.12. The van der Waals surface area contributed by atoms with Crippen molar-refractivity contribution in [3.63, 3.8) is 0 Å². The molecule has 1 amide bonds. The van der Waals surface area contributed by atoms with Gasteiger partial charge in [0, 0.05) is 48.2 Å². The Balaban J connectivity index is 1.14. The maximum atomic E-state index is 13.0. The van der Waals surface area contributed by atoms with Gasteiger partial charge in [0.05, 0.1) is 12.2 Å². The molecule has 3 aromatic rings. The summed E-state index contributed by atoms with van der Waals surface area (Å²) in [5.74, 6) is 2.89. The van der Waals surface area contributed by atoms with Gasteiger partial charge in [0.1, 0.15) is 11.6 Å². The smallest absolute Gasteiger partial charge is 0.223 e. The molecule has 2 aliphatic rings. The molecule has 3 aromatic heterocycles. The Kier molecular flexibility index (Phi) is 7.24. The van der Waals surface area contributed by atoms with Crippen LogP contribution >= 0.6 is 0 Å². The topological polar surface area (TPSA) is 122 Å². The van der Waals surface area contributed by atoms with Crippen molar-refractivity contribution in [2.24, 2.45) is 5.92 Å².